The molecule has 2 aliphatic rings. The quantitative estimate of drug-likeness (QED) is 0.141. The zero-order chi connectivity index (χ0) is 52.5. The van der Waals surface area contributed by atoms with Gasteiger partial charge in [-0.2, -0.15) is 0 Å². The number of pyridine rings is 3. The molecule has 5 heterocycles. The number of ether oxygens (including phenoxy) is 1. The first-order chi connectivity index (χ1) is 39.1. The standard InChI is InChI=1S/C73H48N5O.Ir.Pt/c1-3-18-48(19-4-1)68-38-36-54(45-74-68)61-28-9-11-30-63(61)56-42-57(64-31-12-10-29-62(64)55-37-39-69(75-46-55)49-20-5-2-6-21-49)44-58(43-56)65-32-13-14-33-66(65)67-47-76-72-53-25-16-23-51(41-53)60-27-8-7-26-59(60)50-22-15-24-52(40-50)70-34-17-35-71(77-70)79-73(67)78-72;;/h1-6,9-18,20,22-24,28-39,42-47,59-60H,7-8,26-27H2;;/q-5;+3;+2. The fourth-order valence-corrected chi connectivity index (χ4v) is 11.5. The van der Waals surface area contributed by atoms with Crippen molar-refractivity contribution in [3.05, 3.63) is 272 Å². The third-order valence-corrected chi connectivity index (χ3v) is 15.4. The zero-order valence-corrected chi connectivity index (χ0v) is 48.4. The van der Waals surface area contributed by atoms with Gasteiger partial charge in [0.05, 0.1) is 5.56 Å². The molecule has 8 aromatic carbocycles. The van der Waals surface area contributed by atoms with Crippen molar-refractivity contribution in [2.75, 3.05) is 0 Å². The molecule has 14 rings (SSSR count). The van der Waals surface area contributed by atoms with Crippen LogP contribution in [0, 0.1) is 30.3 Å². The fourth-order valence-electron chi connectivity index (χ4n) is 11.5. The normalized spacial score (nSPS) is 14.1. The van der Waals surface area contributed by atoms with Gasteiger partial charge in [-0.3, -0.25) is 22.1 Å². The summed E-state index contributed by atoms with van der Waals surface area (Å²) in [6, 6.07) is 90.9. The van der Waals surface area contributed by atoms with Crippen molar-refractivity contribution in [3.8, 4) is 124 Å². The number of hydrogen-bond donors (Lipinski definition) is 0. The predicted octanol–water partition coefficient (Wildman–Crippen LogP) is 17.9. The molecule has 2 unspecified atom stereocenters. The molecular weight excluding hydrogens is 1350 g/mol. The first-order valence-electron chi connectivity index (χ1n) is 26.9. The summed E-state index contributed by atoms with van der Waals surface area (Å²) in [5, 5.41) is 0. The second-order valence-electron chi connectivity index (χ2n) is 20.2. The largest absolute Gasteiger partial charge is 3.00 e. The molecule has 1 saturated carbocycles. The Labute approximate surface area is 500 Å². The third kappa shape index (κ3) is 10.8. The molecule has 0 N–H and O–H groups in total. The fraction of sp³-hybridized carbons (Fsp3) is 0.0822. The van der Waals surface area contributed by atoms with Crippen LogP contribution in [0.5, 0.6) is 11.8 Å². The smallest absolute Gasteiger partial charge is 0.422 e. The number of aromatic nitrogens is 5. The van der Waals surface area contributed by atoms with Crippen LogP contribution < -0.4 is 4.74 Å². The molecule has 81 heavy (non-hydrogen) atoms. The Morgan fingerprint density at radius 3 is 1.46 bits per heavy atom. The first-order valence-corrected chi connectivity index (χ1v) is 26.9. The summed E-state index contributed by atoms with van der Waals surface area (Å²) in [5.41, 5.74) is 20.3. The number of nitrogens with zero attached hydrogens (tertiary/aromatic N) is 5. The first kappa shape index (κ1) is 53.1. The van der Waals surface area contributed by atoms with E-state index in [1.165, 1.54) is 12.0 Å². The minimum atomic E-state index is 0. The van der Waals surface area contributed by atoms with Gasteiger partial charge in [0.1, 0.15) is 0 Å². The predicted molar refractivity (Wildman–Crippen MR) is 314 cm³/mol. The zero-order valence-electron chi connectivity index (χ0n) is 43.7. The molecule has 390 valence electrons. The summed E-state index contributed by atoms with van der Waals surface area (Å²) in [6.07, 6.45) is 10.3. The van der Waals surface area contributed by atoms with Crippen molar-refractivity contribution in [1.29, 1.82) is 0 Å². The minimum Gasteiger partial charge on any atom is -0.422 e. The Balaban J connectivity index is 0.00000326. The Bertz CT molecular complexity index is 4050. The summed E-state index contributed by atoms with van der Waals surface area (Å²) >= 11 is 0. The molecule has 0 spiro atoms. The van der Waals surface area contributed by atoms with Crippen LogP contribution in [0.2, 0.25) is 0 Å². The van der Waals surface area contributed by atoms with Crippen molar-refractivity contribution >= 4 is 0 Å². The minimum absolute atomic E-state index is 0. The third-order valence-electron chi connectivity index (χ3n) is 15.4. The molecule has 0 saturated heterocycles. The van der Waals surface area contributed by atoms with Gasteiger partial charge in [0.25, 0.3) is 0 Å². The van der Waals surface area contributed by atoms with Crippen LogP contribution in [0.3, 0.4) is 0 Å². The van der Waals surface area contributed by atoms with Crippen molar-refractivity contribution in [3.63, 3.8) is 0 Å². The van der Waals surface area contributed by atoms with Crippen molar-refractivity contribution in [2.24, 2.45) is 0 Å². The summed E-state index contributed by atoms with van der Waals surface area (Å²) in [7, 11) is 0. The maximum Gasteiger partial charge on any atom is 3.00 e. The molecule has 1 aliphatic carbocycles. The average molecular weight is 1400 g/mol. The molecule has 2 atom stereocenters. The van der Waals surface area contributed by atoms with E-state index in [0.29, 0.717) is 34.6 Å². The summed E-state index contributed by atoms with van der Waals surface area (Å²) in [5.74, 6) is 1.84. The van der Waals surface area contributed by atoms with Gasteiger partial charge in [0, 0.05) is 18.6 Å². The van der Waals surface area contributed by atoms with Gasteiger partial charge in [-0.1, -0.05) is 122 Å². The van der Waals surface area contributed by atoms with E-state index in [0.717, 1.165) is 120 Å². The topological polar surface area (TPSA) is 73.7 Å². The van der Waals surface area contributed by atoms with Crippen molar-refractivity contribution in [1.82, 2.24) is 24.9 Å². The maximum absolute atomic E-state index is 6.92. The molecule has 1 fully saturated rings. The Kier molecular flexibility index (Phi) is 15.5. The molecule has 0 amide bonds. The summed E-state index contributed by atoms with van der Waals surface area (Å²) in [6.45, 7) is 0. The SMILES string of the molecule is [Ir+3].[Pt+2].[c-]1ccc2[c-]c1-c1ncc(-c3ccccc3-c3cc(-c4ccccc4-c4ccc(-c5[c-]cccc5)nc4)cc(-c4ccccc4-c4ccc(-c5[c-]cccc5)nc4)c3)c(n1)Oc1cccc(n1)-c1[c-]c(ccc1)C1CCCCC21. The maximum atomic E-state index is 6.92. The van der Waals surface area contributed by atoms with Crippen LogP contribution in [-0.4, -0.2) is 24.9 Å². The Hall–Kier alpha value is -8.57. The monoisotopic (exact) mass is 1400 g/mol. The number of fused-ring (bicyclic) bond motifs is 13. The van der Waals surface area contributed by atoms with Crippen LogP contribution in [0.15, 0.2) is 231 Å². The van der Waals surface area contributed by atoms with Gasteiger partial charge in [-0.15, -0.1) is 107 Å². The molecule has 12 aromatic rings. The van der Waals surface area contributed by atoms with Gasteiger partial charge in [0.2, 0.25) is 11.8 Å². The Morgan fingerprint density at radius 2 is 0.901 bits per heavy atom. The molecule has 0 radical (unpaired) electrons. The van der Waals surface area contributed by atoms with Crippen LogP contribution in [0.1, 0.15) is 48.6 Å². The van der Waals surface area contributed by atoms with E-state index >= 15 is 0 Å². The van der Waals surface area contributed by atoms with Gasteiger partial charge in [-0.25, -0.2) is 23.3 Å². The van der Waals surface area contributed by atoms with Crippen LogP contribution in [0.25, 0.3) is 112 Å². The number of rotatable bonds is 8. The van der Waals surface area contributed by atoms with Gasteiger partial charge >= 0.3 is 41.2 Å². The van der Waals surface area contributed by atoms with Crippen LogP contribution in [-0.2, 0) is 41.2 Å². The molecule has 8 bridgehead atoms. The van der Waals surface area contributed by atoms with E-state index < -0.39 is 0 Å². The Morgan fingerprint density at radius 1 is 0.383 bits per heavy atom. The molecular formula is C73H48IrN5OPt. The molecule has 1 aliphatic heterocycles. The van der Waals surface area contributed by atoms with E-state index in [-0.39, 0.29) is 47.1 Å². The second-order valence-corrected chi connectivity index (χ2v) is 20.2. The van der Waals surface area contributed by atoms with Crippen LogP contribution in [0.4, 0.5) is 0 Å². The van der Waals surface area contributed by atoms with Gasteiger partial charge < -0.3 is 19.7 Å². The average Bonchev–Trinajstić information content (AvgIpc) is 3.59. The van der Waals surface area contributed by atoms with Gasteiger partial charge in [-0.05, 0) is 133 Å². The van der Waals surface area contributed by atoms with E-state index in [2.05, 4.69) is 170 Å². The molecule has 8 heteroatoms. The van der Waals surface area contributed by atoms with E-state index in [9.17, 15) is 0 Å². The van der Waals surface area contributed by atoms with E-state index in [4.69, 9.17) is 29.7 Å². The number of benzene rings is 8. The summed E-state index contributed by atoms with van der Waals surface area (Å²) in [4.78, 5) is 25.4. The molecule has 6 nitrogen and oxygen atoms in total. The van der Waals surface area contributed by atoms with Crippen molar-refractivity contribution < 1.29 is 45.9 Å². The van der Waals surface area contributed by atoms with E-state index in [1.807, 2.05) is 91.4 Å². The summed E-state index contributed by atoms with van der Waals surface area (Å²) < 4.78 is 6.92. The van der Waals surface area contributed by atoms with Crippen molar-refractivity contribution in [2.45, 2.75) is 37.5 Å². The number of hydrogen-bond acceptors (Lipinski definition) is 6. The van der Waals surface area contributed by atoms with Gasteiger partial charge in [0.15, 0.2) is 0 Å². The van der Waals surface area contributed by atoms with E-state index in [1.54, 1.807) is 0 Å². The van der Waals surface area contributed by atoms with Crippen LogP contribution >= 0.6 is 0 Å². The molecule has 4 aromatic heterocycles. The second kappa shape index (κ2) is 23.6.